The highest BCUT2D eigenvalue weighted by atomic mass is 19.2. The number of halogens is 2. The van der Waals surface area contributed by atoms with Gasteiger partial charge in [0.2, 0.25) is 0 Å². The van der Waals surface area contributed by atoms with E-state index in [-0.39, 0.29) is 6.04 Å². The summed E-state index contributed by atoms with van der Waals surface area (Å²) in [7, 11) is 0. The van der Waals surface area contributed by atoms with Crippen molar-refractivity contribution in [3.8, 4) is 0 Å². The van der Waals surface area contributed by atoms with Gasteiger partial charge in [-0.1, -0.05) is 6.07 Å². The molecule has 0 bridgehead atoms. The Morgan fingerprint density at radius 3 is 2.69 bits per heavy atom. The van der Waals surface area contributed by atoms with Gasteiger partial charge in [-0.2, -0.15) is 0 Å². The van der Waals surface area contributed by atoms with Gasteiger partial charge in [-0.25, -0.2) is 8.78 Å². The molecular formula is C10H11F2N. The molecule has 1 saturated heterocycles. The number of hydrogen-bond donors (Lipinski definition) is 1. The second-order valence-electron chi connectivity index (χ2n) is 3.32. The summed E-state index contributed by atoms with van der Waals surface area (Å²) in [5.74, 6) is -1.53. The molecule has 1 atom stereocenters. The van der Waals surface area contributed by atoms with E-state index in [1.807, 2.05) is 0 Å². The molecule has 1 aromatic rings. The van der Waals surface area contributed by atoms with Gasteiger partial charge in [0.1, 0.15) is 0 Å². The van der Waals surface area contributed by atoms with Crippen LogP contribution in [0.2, 0.25) is 0 Å². The Hall–Kier alpha value is -0.960. The molecule has 0 saturated carbocycles. The lowest BCUT2D eigenvalue weighted by Crippen LogP contribution is -2.13. The van der Waals surface area contributed by atoms with Crippen LogP contribution >= 0.6 is 0 Å². The van der Waals surface area contributed by atoms with Crippen LogP contribution in [0.1, 0.15) is 24.4 Å². The summed E-state index contributed by atoms with van der Waals surface area (Å²) in [5, 5.41) is 3.23. The second kappa shape index (κ2) is 3.42. The summed E-state index contributed by atoms with van der Waals surface area (Å²) in [4.78, 5) is 0. The summed E-state index contributed by atoms with van der Waals surface area (Å²) in [6.07, 6.45) is 2.11. The average molecular weight is 183 g/mol. The largest absolute Gasteiger partial charge is 0.310 e. The molecule has 0 aliphatic carbocycles. The highest BCUT2D eigenvalue weighted by Crippen LogP contribution is 2.23. The summed E-state index contributed by atoms with van der Waals surface area (Å²) in [6.45, 7) is 0.962. The van der Waals surface area contributed by atoms with E-state index < -0.39 is 11.6 Å². The van der Waals surface area contributed by atoms with Gasteiger partial charge in [0.15, 0.2) is 11.6 Å². The Morgan fingerprint density at radius 1 is 1.23 bits per heavy atom. The van der Waals surface area contributed by atoms with Crippen molar-refractivity contribution in [3.05, 3.63) is 35.4 Å². The van der Waals surface area contributed by atoms with E-state index >= 15 is 0 Å². The van der Waals surface area contributed by atoms with Gasteiger partial charge in [0, 0.05) is 6.04 Å². The maximum atomic E-state index is 12.8. The normalized spacial score (nSPS) is 22.2. The number of benzene rings is 1. The fraction of sp³-hybridized carbons (Fsp3) is 0.400. The summed E-state index contributed by atoms with van der Waals surface area (Å²) < 4.78 is 25.4. The molecule has 0 amide bonds. The number of rotatable bonds is 1. The first kappa shape index (κ1) is 8.63. The van der Waals surface area contributed by atoms with E-state index in [0.29, 0.717) is 0 Å². The first-order valence-electron chi connectivity index (χ1n) is 4.46. The zero-order valence-electron chi connectivity index (χ0n) is 7.19. The molecule has 0 spiro atoms. The molecule has 3 heteroatoms. The van der Waals surface area contributed by atoms with Gasteiger partial charge in [0.25, 0.3) is 0 Å². The Balaban J connectivity index is 2.25. The SMILES string of the molecule is Fc1ccc([C@H]2CCCN2)cc1F. The second-order valence-corrected chi connectivity index (χ2v) is 3.32. The van der Waals surface area contributed by atoms with Crippen LogP contribution < -0.4 is 5.32 Å². The van der Waals surface area contributed by atoms with E-state index in [0.717, 1.165) is 24.9 Å². The third-order valence-electron chi connectivity index (χ3n) is 2.41. The van der Waals surface area contributed by atoms with Gasteiger partial charge >= 0.3 is 0 Å². The smallest absolute Gasteiger partial charge is 0.159 e. The van der Waals surface area contributed by atoms with E-state index in [4.69, 9.17) is 0 Å². The van der Waals surface area contributed by atoms with Crippen molar-refractivity contribution in [1.29, 1.82) is 0 Å². The van der Waals surface area contributed by atoms with Gasteiger partial charge in [0.05, 0.1) is 0 Å². The molecule has 1 N–H and O–H groups in total. The minimum Gasteiger partial charge on any atom is -0.310 e. The lowest BCUT2D eigenvalue weighted by atomic mass is 10.1. The molecule has 1 fully saturated rings. The predicted molar refractivity (Wildman–Crippen MR) is 46.3 cm³/mol. The minimum absolute atomic E-state index is 0.204. The predicted octanol–water partition coefficient (Wildman–Crippen LogP) is 2.39. The zero-order chi connectivity index (χ0) is 9.26. The van der Waals surface area contributed by atoms with E-state index in [1.165, 1.54) is 12.1 Å². The van der Waals surface area contributed by atoms with E-state index in [1.54, 1.807) is 6.07 Å². The summed E-state index contributed by atoms with van der Waals surface area (Å²) >= 11 is 0. The van der Waals surface area contributed by atoms with Crippen molar-refractivity contribution in [1.82, 2.24) is 5.32 Å². The highest BCUT2D eigenvalue weighted by molar-refractivity contribution is 5.21. The zero-order valence-corrected chi connectivity index (χ0v) is 7.19. The Bertz CT molecular complexity index is 306. The molecule has 0 unspecified atom stereocenters. The van der Waals surface area contributed by atoms with Crippen LogP contribution in [0.15, 0.2) is 18.2 Å². The van der Waals surface area contributed by atoms with Gasteiger partial charge in [-0.15, -0.1) is 0 Å². The maximum Gasteiger partial charge on any atom is 0.159 e. The molecule has 70 valence electrons. The standard InChI is InChI=1S/C10H11F2N/c11-8-4-3-7(6-9(8)12)10-2-1-5-13-10/h3-4,6,10,13H,1-2,5H2/t10-/m1/s1. The number of nitrogens with one attached hydrogen (secondary N) is 1. The molecule has 2 rings (SSSR count). The lowest BCUT2D eigenvalue weighted by Gasteiger charge is -2.10. The van der Waals surface area contributed by atoms with Crippen molar-refractivity contribution < 1.29 is 8.78 Å². The van der Waals surface area contributed by atoms with Gasteiger partial charge in [-0.05, 0) is 37.1 Å². The first-order chi connectivity index (χ1) is 6.27. The van der Waals surface area contributed by atoms with Crippen molar-refractivity contribution in [2.75, 3.05) is 6.54 Å². The van der Waals surface area contributed by atoms with Crippen LogP contribution in [0.25, 0.3) is 0 Å². The van der Waals surface area contributed by atoms with Crippen molar-refractivity contribution in [2.45, 2.75) is 18.9 Å². The number of hydrogen-bond acceptors (Lipinski definition) is 1. The van der Waals surface area contributed by atoms with Crippen LogP contribution in [-0.4, -0.2) is 6.54 Å². The topological polar surface area (TPSA) is 12.0 Å². The fourth-order valence-electron chi connectivity index (χ4n) is 1.70. The van der Waals surface area contributed by atoms with Crippen molar-refractivity contribution in [2.24, 2.45) is 0 Å². The maximum absolute atomic E-state index is 12.8. The van der Waals surface area contributed by atoms with Crippen molar-refractivity contribution >= 4 is 0 Å². The molecular weight excluding hydrogens is 172 g/mol. The van der Waals surface area contributed by atoms with Crippen LogP contribution in [0.4, 0.5) is 8.78 Å². The van der Waals surface area contributed by atoms with E-state index in [2.05, 4.69) is 5.32 Å². The van der Waals surface area contributed by atoms with Gasteiger partial charge < -0.3 is 5.32 Å². The van der Waals surface area contributed by atoms with Crippen LogP contribution in [-0.2, 0) is 0 Å². The third-order valence-corrected chi connectivity index (χ3v) is 2.41. The monoisotopic (exact) mass is 183 g/mol. The molecule has 1 nitrogen and oxygen atoms in total. The molecule has 1 heterocycles. The molecule has 0 aromatic heterocycles. The van der Waals surface area contributed by atoms with Crippen LogP contribution in [0.3, 0.4) is 0 Å². The highest BCUT2D eigenvalue weighted by Gasteiger charge is 2.17. The Morgan fingerprint density at radius 2 is 2.08 bits per heavy atom. The molecule has 0 radical (unpaired) electrons. The Kier molecular flexibility index (Phi) is 2.27. The van der Waals surface area contributed by atoms with Crippen LogP contribution in [0.5, 0.6) is 0 Å². The van der Waals surface area contributed by atoms with Crippen LogP contribution in [0, 0.1) is 11.6 Å². The fourth-order valence-corrected chi connectivity index (χ4v) is 1.70. The minimum atomic E-state index is -0.776. The molecule has 1 aromatic carbocycles. The summed E-state index contributed by atoms with van der Waals surface area (Å²) in [5.41, 5.74) is 0.844. The Labute approximate surface area is 75.8 Å². The molecule has 13 heavy (non-hydrogen) atoms. The summed E-state index contributed by atoms with van der Waals surface area (Å²) in [6, 6.07) is 4.31. The first-order valence-corrected chi connectivity index (χ1v) is 4.46. The van der Waals surface area contributed by atoms with Gasteiger partial charge in [-0.3, -0.25) is 0 Å². The average Bonchev–Trinajstić information content (AvgIpc) is 2.62. The quantitative estimate of drug-likeness (QED) is 0.704. The van der Waals surface area contributed by atoms with E-state index in [9.17, 15) is 8.78 Å². The molecule has 1 aliphatic heterocycles. The third kappa shape index (κ3) is 1.70. The molecule has 1 aliphatic rings. The lowest BCUT2D eigenvalue weighted by molar-refractivity contribution is 0.503. The van der Waals surface area contributed by atoms with Crippen molar-refractivity contribution in [3.63, 3.8) is 0 Å².